The molecular formula is C9H14N4. The molecule has 13 heavy (non-hydrogen) atoms. The van der Waals surface area contributed by atoms with Crippen LogP contribution in [0.2, 0.25) is 0 Å². The van der Waals surface area contributed by atoms with Gasteiger partial charge in [-0.2, -0.15) is 5.10 Å². The van der Waals surface area contributed by atoms with Gasteiger partial charge in [0, 0.05) is 19.2 Å². The molecule has 0 aromatic carbocycles. The Hall–Kier alpha value is -1.03. The number of hydrogen-bond acceptors (Lipinski definition) is 3. The van der Waals surface area contributed by atoms with Gasteiger partial charge < -0.3 is 10.6 Å². The minimum atomic E-state index is 0.805. The van der Waals surface area contributed by atoms with Gasteiger partial charge in [-0.25, -0.2) is 0 Å². The molecule has 1 aromatic heterocycles. The summed E-state index contributed by atoms with van der Waals surface area (Å²) in [6, 6.07) is 2.03. The van der Waals surface area contributed by atoms with E-state index in [9.17, 15) is 0 Å². The average molecular weight is 178 g/mol. The molecule has 3 rings (SSSR count). The first-order chi connectivity index (χ1) is 6.40. The van der Waals surface area contributed by atoms with E-state index >= 15 is 0 Å². The Morgan fingerprint density at radius 2 is 2.31 bits per heavy atom. The SMILES string of the molecule is NCC1C2CN(c3ccn[nH]3)CC12. The summed E-state index contributed by atoms with van der Waals surface area (Å²) in [5, 5.41) is 6.95. The van der Waals surface area contributed by atoms with E-state index in [1.165, 1.54) is 0 Å². The molecule has 2 heterocycles. The number of fused-ring (bicyclic) bond motifs is 1. The summed E-state index contributed by atoms with van der Waals surface area (Å²) < 4.78 is 0. The monoisotopic (exact) mass is 178 g/mol. The Balaban J connectivity index is 1.68. The van der Waals surface area contributed by atoms with Crippen LogP contribution in [-0.4, -0.2) is 29.8 Å². The largest absolute Gasteiger partial charge is 0.356 e. The first-order valence-electron chi connectivity index (χ1n) is 4.84. The Labute approximate surface area is 77.1 Å². The zero-order valence-corrected chi connectivity index (χ0v) is 7.48. The van der Waals surface area contributed by atoms with Gasteiger partial charge in [0.05, 0.1) is 6.20 Å². The molecule has 1 aromatic rings. The summed E-state index contributed by atoms with van der Waals surface area (Å²) in [6.07, 6.45) is 1.81. The molecule has 2 aliphatic rings. The van der Waals surface area contributed by atoms with Crippen LogP contribution in [-0.2, 0) is 0 Å². The van der Waals surface area contributed by atoms with Gasteiger partial charge in [-0.1, -0.05) is 0 Å². The van der Waals surface area contributed by atoms with Crippen LogP contribution in [0.1, 0.15) is 0 Å². The van der Waals surface area contributed by atoms with Gasteiger partial charge in [-0.15, -0.1) is 0 Å². The molecule has 1 saturated carbocycles. The molecule has 1 aliphatic carbocycles. The highest BCUT2D eigenvalue weighted by Crippen LogP contribution is 2.51. The van der Waals surface area contributed by atoms with E-state index in [1.807, 2.05) is 6.07 Å². The van der Waals surface area contributed by atoms with Gasteiger partial charge in [-0.05, 0) is 24.3 Å². The Kier molecular flexibility index (Phi) is 1.41. The lowest BCUT2D eigenvalue weighted by Crippen LogP contribution is -2.26. The lowest BCUT2D eigenvalue weighted by Gasteiger charge is -2.18. The molecule has 0 amide bonds. The third-order valence-corrected chi connectivity index (χ3v) is 3.47. The van der Waals surface area contributed by atoms with Crippen molar-refractivity contribution in [2.24, 2.45) is 23.5 Å². The van der Waals surface area contributed by atoms with Gasteiger partial charge in [-0.3, -0.25) is 5.10 Å². The first-order valence-corrected chi connectivity index (χ1v) is 4.84. The van der Waals surface area contributed by atoms with Crippen LogP contribution >= 0.6 is 0 Å². The molecule has 4 heteroatoms. The lowest BCUT2D eigenvalue weighted by atomic mass is 10.2. The predicted molar refractivity (Wildman–Crippen MR) is 50.3 cm³/mol. The summed E-state index contributed by atoms with van der Waals surface area (Å²) in [7, 11) is 0. The average Bonchev–Trinajstić information content (AvgIpc) is 2.68. The van der Waals surface area contributed by atoms with Crippen molar-refractivity contribution < 1.29 is 0 Å². The number of aromatic nitrogens is 2. The van der Waals surface area contributed by atoms with E-state index in [1.54, 1.807) is 6.20 Å². The maximum absolute atomic E-state index is 5.65. The molecule has 0 bridgehead atoms. The maximum atomic E-state index is 5.65. The van der Waals surface area contributed by atoms with Crippen molar-refractivity contribution in [3.63, 3.8) is 0 Å². The highest BCUT2D eigenvalue weighted by atomic mass is 15.3. The van der Waals surface area contributed by atoms with Crippen molar-refractivity contribution in [1.82, 2.24) is 10.2 Å². The summed E-state index contributed by atoms with van der Waals surface area (Å²) >= 11 is 0. The topological polar surface area (TPSA) is 57.9 Å². The fourth-order valence-corrected chi connectivity index (χ4v) is 2.62. The molecule has 1 saturated heterocycles. The van der Waals surface area contributed by atoms with E-state index < -0.39 is 0 Å². The molecule has 2 unspecified atom stereocenters. The molecule has 2 atom stereocenters. The summed E-state index contributed by atoms with van der Waals surface area (Å²) in [5.74, 6) is 3.67. The third kappa shape index (κ3) is 0.983. The quantitative estimate of drug-likeness (QED) is 0.672. The second kappa shape index (κ2) is 2.48. The molecule has 4 nitrogen and oxygen atoms in total. The van der Waals surface area contributed by atoms with E-state index in [0.29, 0.717) is 0 Å². The zero-order chi connectivity index (χ0) is 8.84. The number of nitrogens with zero attached hydrogens (tertiary/aromatic N) is 2. The number of aromatic amines is 1. The van der Waals surface area contributed by atoms with E-state index in [4.69, 9.17) is 5.73 Å². The number of rotatable bonds is 2. The number of hydrogen-bond donors (Lipinski definition) is 2. The van der Waals surface area contributed by atoms with Crippen molar-refractivity contribution in [2.45, 2.75) is 0 Å². The normalized spacial score (nSPS) is 36.4. The van der Waals surface area contributed by atoms with Crippen LogP contribution in [0.3, 0.4) is 0 Å². The highest BCUT2D eigenvalue weighted by Gasteiger charge is 2.54. The minimum absolute atomic E-state index is 0.805. The van der Waals surface area contributed by atoms with Crippen LogP contribution in [0.15, 0.2) is 12.3 Å². The third-order valence-electron chi connectivity index (χ3n) is 3.47. The van der Waals surface area contributed by atoms with Gasteiger partial charge in [0.1, 0.15) is 5.82 Å². The van der Waals surface area contributed by atoms with Gasteiger partial charge >= 0.3 is 0 Å². The molecule has 0 radical (unpaired) electrons. The second-order valence-electron chi connectivity index (χ2n) is 4.07. The first kappa shape index (κ1) is 7.38. The lowest BCUT2D eigenvalue weighted by molar-refractivity contribution is 0.643. The summed E-state index contributed by atoms with van der Waals surface area (Å²) in [5.41, 5.74) is 5.65. The zero-order valence-electron chi connectivity index (χ0n) is 7.48. The molecule has 0 spiro atoms. The van der Waals surface area contributed by atoms with Gasteiger partial charge in [0.2, 0.25) is 0 Å². The number of piperidine rings is 1. The number of H-pyrrole nitrogens is 1. The summed E-state index contributed by atoms with van der Waals surface area (Å²) in [6.45, 7) is 3.19. The molecule has 1 aliphatic heterocycles. The van der Waals surface area contributed by atoms with E-state index in [0.717, 1.165) is 43.2 Å². The van der Waals surface area contributed by atoms with E-state index in [-0.39, 0.29) is 0 Å². The van der Waals surface area contributed by atoms with Crippen LogP contribution in [0.4, 0.5) is 5.82 Å². The van der Waals surface area contributed by atoms with Crippen molar-refractivity contribution in [2.75, 3.05) is 24.5 Å². The van der Waals surface area contributed by atoms with Crippen LogP contribution in [0.5, 0.6) is 0 Å². The van der Waals surface area contributed by atoms with Crippen molar-refractivity contribution in [1.29, 1.82) is 0 Å². The standard InChI is InChI=1S/C9H14N4/c10-3-6-7-4-13(5-8(6)7)9-1-2-11-12-9/h1-2,6-8H,3-5,10H2,(H,11,12). The highest BCUT2D eigenvalue weighted by molar-refractivity contribution is 5.40. The van der Waals surface area contributed by atoms with Crippen LogP contribution in [0, 0.1) is 17.8 Å². The molecular weight excluding hydrogens is 164 g/mol. The molecule has 70 valence electrons. The Bertz CT molecular complexity index is 283. The molecule has 3 N–H and O–H groups in total. The fourth-order valence-electron chi connectivity index (χ4n) is 2.62. The van der Waals surface area contributed by atoms with Crippen LogP contribution in [0.25, 0.3) is 0 Å². The molecule has 2 fully saturated rings. The Morgan fingerprint density at radius 1 is 1.54 bits per heavy atom. The van der Waals surface area contributed by atoms with E-state index in [2.05, 4.69) is 15.1 Å². The smallest absolute Gasteiger partial charge is 0.123 e. The fraction of sp³-hybridized carbons (Fsp3) is 0.667. The van der Waals surface area contributed by atoms with Crippen molar-refractivity contribution >= 4 is 5.82 Å². The van der Waals surface area contributed by atoms with Crippen molar-refractivity contribution in [3.05, 3.63) is 12.3 Å². The van der Waals surface area contributed by atoms with Gasteiger partial charge in [0.15, 0.2) is 0 Å². The second-order valence-corrected chi connectivity index (χ2v) is 4.07. The minimum Gasteiger partial charge on any atom is -0.356 e. The van der Waals surface area contributed by atoms with Crippen molar-refractivity contribution in [3.8, 4) is 0 Å². The van der Waals surface area contributed by atoms with Gasteiger partial charge in [0.25, 0.3) is 0 Å². The number of nitrogens with two attached hydrogens (primary N) is 1. The number of nitrogens with one attached hydrogen (secondary N) is 1. The number of anilines is 1. The Morgan fingerprint density at radius 3 is 2.85 bits per heavy atom. The predicted octanol–water partition coefficient (Wildman–Crippen LogP) is 0.0506. The summed E-state index contributed by atoms with van der Waals surface area (Å²) in [4.78, 5) is 2.37. The maximum Gasteiger partial charge on any atom is 0.123 e. The van der Waals surface area contributed by atoms with Crippen LogP contribution < -0.4 is 10.6 Å².